The molecule has 0 saturated carbocycles. The van der Waals surface area contributed by atoms with Crippen LogP contribution in [0.5, 0.6) is 5.75 Å². The van der Waals surface area contributed by atoms with Crippen molar-refractivity contribution in [1.82, 2.24) is 9.62 Å². The molecule has 1 amide bonds. The van der Waals surface area contributed by atoms with Gasteiger partial charge in [-0.05, 0) is 61.9 Å². The Labute approximate surface area is 153 Å². The molecule has 2 aromatic rings. The average molecular weight is 374 g/mol. The number of likely N-dealkylation sites (tertiary alicyclic amines) is 1. The Hall–Kier alpha value is -2.38. The molecule has 3 rings (SSSR count). The molecule has 0 bridgehead atoms. The highest BCUT2D eigenvalue weighted by Crippen LogP contribution is 2.34. The molecule has 1 fully saturated rings. The average Bonchev–Trinajstić information content (AvgIpc) is 3.17. The number of sulfonamides is 1. The molecular weight excluding hydrogens is 352 g/mol. The summed E-state index contributed by atoms with van der Waals surface area (Å²) >= 11 is 0. The molecule has 138 valence electrons. The number of carbonyl (C=O) groups excluding carboxylic acids is 1. The van der Waals surface area contributed by atoms with Crippen LogP contribution < -0.4 is 9.46 Å². The van der Waals surface area contributed by atoms with E-state index in [0.717, 1.165) is 24.2 Å². The van der Waals surface area contributed by atoms with Gasteiger partial charge in [-0.2, -0.15) is 0 Å². The van der Waals surface area contributed by atoms with Gasteiger partial charge in [-0.3, -0.25) is 4.79 Å². The van der Waals surface area contributed by atoms with E-state index in [-0.39, 0.29) is 16.8 Å². The van der Waals surface area contributed by atoms with Gasteiger partial charge in [0.05, 0.1) is 18.0 Å². The third kappa shape index (κ3) is 3.59. The summed E-state index contributed by atoms with van der Waals surface area (Å²) in [6.07, 6.45) is 1.82. The van der Waals surface area contributed by atoms with E-state index in [2.05, 4.69) is 4.72 Å². The topological polar surface area (TPSA) is 75.7 Å². The number of nitrogens with zero attached hydrogens (tertiary/aromatic N) is 1. The van der Waals surface area contributed by atoms with Gasteiger partial charge >= 0.3 is 0 Å². The molecule has 1 N–H and O–H groups in total. The highest BCUT2D eigenvalue weighted by molar-refractivity contribution is 7.89. The standard InChI is InChI=1S/C19H22N2O4S/c1-20-26(23,24)17-10-8-14(9-11-17)19(22)21-12-4-7-18(21)15-5-3-6-16(13-15)25-2/h3,5-6,8-11,13,18,20H,4,7,12H2,1-2H3. The molecule has 1 unspecified atom stereocenters. The summed E-state index contributed by atoms with van der Waals surface area (Å²) in [5.41, 5.74) is 1.53. The van der Waals surface area contributed by atoms with Crippen molar-refractivity contribution < 1.29 is 17.9 Å². The number of ether oxygens (including phenoxy) is 1. The van der Waals surface area contributed by atoms with E-state index >= 15 is 0 Å². The number of nitrogens with one attached hydrogen (secondary N) is 1. The van der Waals surface area contributed by atoms with Crippen molar-refractivity contribution in [3.05, 3.63) is 59.7 Å². The summed E-state index contributed by atoms with van der Waals surface area (Å²) < 4.78 is 31.2. The van der Waals surface area contributed by atoms with Crippen LogP contribution >= 0.6 is 0 Å². The molecular formula is C19H22N2O4S. The van der Waals surface area contributed by atoms with E-state index in [1.54, 1.807) is 19.2 Å². The molecule has 26 heavy (non-hydrogen) atoms. The van der Waals surface area contributed by atoms with Crippen molar-refractivity contribution in [3.8, 4) is 5.75 Å². The van der Waals surface area contributed by atoms with Crippen molar-refractivity contribution in [2.45, 2.75) is 23.8 Å². The first-order chi connectivity index (χ1) is 12.5. The number of carbonyl (C=O) groups is 1. The molecule has 7 heteroatoms. The maximum absolute atomic E-state index is 12.9. The summed E-state index contributed by atoms with van der Waals surface area (Å²) in [7, 11) is -0.529. The monoisotopic (exact) mass is 374 g/mol. The van der Waals surface area contributed by atoms with Gasteiger partial charge in [-0.1, -0.05) is 12.1 Å². The molecule has 1 heterocycles. The van der Waals surface area contributed by atoms with E-state index in [1.165, 1.54) is 19.2 Å². The summed E-state index contributed by atoms with van der Waals surface area (Å²) in [6, 6.07) is 13.8. The highest BCUT2D eigenvalue weighted by atomic mass is 32.2. The van der Waals surface area contributed by atoms with Gasteiger partial charge < -0.3 is 9.64 Å². The number of rotatable bonds is 5. The van der Waals surface area contributed by atoms with Gasteiger partial charge in [-0.15, -0.1) is 0 Å². The van der Waals surface area contributed by atoms with Crippen molar-refractivity contribution in [1.29, 1.82) is 0 Å². The second-order valence-electron chi connectivity index (χ2n) is 6.17. The summed E-state index contributed by atoms with van der Waals surface area (Å²) in [5.74, 6) is 0.673. The molecule has 2 aromatic carbocycles. The zero-order chi connectivity index (χ0) is 18.7. The molecule has 6 nitrogen and oxygen atoms in total. The van der Waals surface area contributed by atoms with E-state index in [1.807, 2.05) is 29.2 Å². The predicted octanol–water partition coefficient (Wildman–Crippen LogP) is 2.58. The van der Waals surface area contributed by atoms with Crippen molar-refractivity contribution in [2.75, 3.05) is 20.7 Å². The minimum Gasteiger partial charge on any atom is -0.497 e. The highest BCUT2D eigenvalue weighted by Gasteiger charge is 2.31. The second kappa shape index (κ2) is 7.47. The SMILES string of the molecule is CNS(=O)(=O)c1ccc(C(=O)N2CCCC2c2cccc(OC)c2)cc1. The number of hydrogen-bond donors (Lipinski definition) is 1. The van der Waals surface area contributed by atoms with Crippen molar-refractivity contribution in [3.63, 3.8) is 0 Å². The van der Waals surface area contributed by atoms with Crippen molar-refractivity contribution in [2.24, 2.45) is 0 Å². The minimum atomic E-state index is -3.51. The van der Waals surface area contributed by atoms with Gasteiger partial charge in [0.25, 0.3) is 5.91 Å². The maximum Gasteiger partial charge on any atom is 0.254 e. The largest absolute Gasteiger partial charge is 0.497 e. The zero-order valence-corrected chi connectivity index (χ0v) is 15.6. The lowest BCUT2D eigenvalue weighted by atomic mass is 10.0. The lowest BCUT2D eigenvalue weighted by molar-refractivity contribution is 0.0735. The van der Waals surface area contributed by atoms with Crippen LogP contribution in [0, 0.1) is 0 Å². The Morgan fingerprint density at radius 2 is 1.92 bits per heavy atom. The molecule has 0 spiro atoms. The molecule has 1 saturated heterocycles. The lowest BCUT2D eigenvalue weighted by Gasteiger charge is -2.25. The first-order valence-corrected chi connectivity index (χ1v) is 9.93. The molecule has 0 aromatic heterocycles. The summed E-state index contributed by atoms with van der Waals surface area (Å²) in [6.45, 7) is 0.678. The van der Waals surface area contributed by atoms with Crippen LogP contribution in [0.2, 0.25) is 0 Å². The number of amides is 1. The number of hydrogen-bond acceptors (Lipinski definition) is 4. The number of benzene rings is 2. The van der Waals surface area contributed by atoms with Gasteiger partial charge in [0, 0.05) is 12.1 Å². The number of methoxy groups -OCH3 is 1. The molecule has 0 aliphatic carbocycles. The quantitative estimate of drug-likeness (QED) is 0.873. The Morgan fingerprint density at radius 1 is 1.19 bits per heavy atom. The fourth-order valence-electron chi connectivity index (χ4n) is 3.27. The third-order valence-electron chi connectivity index (χ3n) is 4.67. The normalized spacial score (nSPS) is 17.3. The van der Waals surface area contributed by atoms with Crippen LogP contribution in [0.1, 0.15) is 34.8 Å². The summed E-state index contributed by atoms with van der Waals surface area (Å²) in [4.78, 5) is 14.9. The fourth-order valence-corrected chi connectivity index (χ4v) is 4.00. The van der Waals surface area contributed by atoms with Crippen LogP contribution in [0.3, 0.4) is 0 Å². The van der Waals surface area contributed by atoms with Gasteiger partial charge in [-0.25, -0.2) is 13.1 Å². The van der Waals surface area contributed by atoms with E-state index in [0.29, 0.717) is 12.1 Å². The zero-order valence-electron chi connectivity index (χ0n) is 14.8. The molecule has 0 radical (unpaired) electrons. The smallest absolute Gasteiger partial charge is 0.254 e. The van der Waals surface area contributed by atoms with Crippen LogP contribution in [0.15, 0.2) is 53.4 Å². The van der Waals surface area contributed by atoms with Crippen LogP contribution in [-0.2, 0) is 10.0 Å². The molecule has 1 aliphatic rings. The summed E-state index contributed by atoms with van der Waals surface area (Å²) in [5, 5.41) is 0. The van der Waals surface area contributed by atoms with E-state index in [4.69, 9.17) is 4.74 Å². The van der Waals surface area contributed by atoms with Gasteiger partial charge in [0.15, 0.2) is 0 Å². The van der Waals surface area contributed by atoms with Gasteiger partial charge in [0.2, 0.25) is 10.0 Å². The Morgan fingerprint density at radius 3 is 2.58 bits per heavy atom. The van der Waals surface area contributed by atoms with Crippen molar-refractivity contribution >= 4 is 15.9 Å². The van der Waals surface area contributed by atoms with E-state index in [9.17, 15) is 13.2 Å². The Balaban J connectivity index is 1.84. The third-order valence-corrected chi connectivity index (χ3v) is 6.10. The first kappa shape index (κ1) is 18.4. The predicted molar refractivity (Wildman–Crippen MR) is 98.7 cm³/mol. The van der Waals surface area contributed by atoms with Crippen LogP contribution in [0.4, 0.5) is 0 Å². The molecule has 1 atom stereocenters. The van der Waals surface area contributed by atoms with E-state index < -0.39 is 10.0 Å². The first-order valence-electron chi connectivity index (χ1n) is 8.45. The second-order valence-corrected chi connectivity index (χ2v) is 8.05. The fraction of sp³-hybridized carbons (Fsp3) is 0.316. The van der Waals surface area contributed by atoms with Crippen LogP contribution in [-0.4, -0.2) is 39.9 Å². The van der Waals surface area contributed by atoms with Gasteiger partial charge in [0.1, 0.15) is 5.75 Å². The lowest BCUT2D eigenvalue weighted by Crippen LogP contribution is -2.30. The minimum absolute atomic E-state index is 0.00156. The maximum atomic E-state index is 12.9. The molecule has 1 aliphatic heterocycles. The Bertz CT molecular complexity index is 894. The Kier molecular flexibility index (Phi) is 5.29. The van der Waals surface area contributed by atoms with Crippen LogP contribution in [0.25, 0.3) is 0 Å².